The van der Waals surface area contributed by atoms with Crippen LogP contribution in [0.25, 0.3) is 0 Å². The smallest absolute Gasteiger partial charge is 0.462 e. The molecule has 0 aromatic heterocycles. The first-order valence-electron chi connectivity index (χ1n) is 34.2. The van der Waals surface area contributed by atoms with E-state index < -0.39 is 97.5 Å². The largest absolute Gasteiger partial charge is 0.472 e. The molecule has 0 bridgehead atoms. The van der Waals surface area contributed by atoms with Crippen LogP contribution in [0.3, 0.4) is 0 Å². The molecule has 504 valence electrons. The third-order valence-corrected chi connectivity index (χ3v) is 17.0. The van der Waals surface area contributed by atoms with Crippen molar-refractivity contribution in [2.45, 2.75) is 337 Å². The van der Waals surface area contributed by atoms with E-state index in [0.29, 0.717) is 43.4 Å². The van der Waals surface area contributed by atoms with E-state index in [-0.39, 0.29) is 25.7 Å². The molecule has 3 N–H and O–H groups in total. The summed E-state index contributed by atoms with van der Waals surface area (Å²) in [4.78, 5) is 72.2. The number of phosphoric acid groups is 2. The summed E-state index contributed by atoms with van der Waals surface area (Å²) in [7, 11) is -9.89. The highest BCUT2D eigenvalue weighted by Gasteiger charge is 2.30. The fraction of sp³-hybridized carbons (Fsp3) is 0.939. The SMILES string of the molecule is CC(C)CCCCCCCCCCCCCCCC(=O)O[C@H](COC(=O)CCCCCCCCC(C)C)COP(=O)(O)OCC(O)COP(=O)(O)OC[C@@H](COC(=O)CCCCCCCCCC(C)C)OC(=O)CCCCCCCCCC(C)C. The molecule has 0 heterocycles. The number of carbonyl (C=O) groups is 4. The van der Waals surface area contributed by atoms with E-state index in [9.17, 15) is 43.2 Å². The molecular weight excluding hydrogens is 1130 g/mol. The van der Waals surface area contributed by atoms with Gasteiger partial charge in [-0.2, -0.15) is 0 Å². The van der Waals surface area contributed by atoms with Gasteiger partial charge in [0.25, 0.3) is 0 Å². The van der Waals surface area contributed by atoms with Crippen LogP contribution < -0.4 is 0 Å². The second-order valence-electron chi connectivity index (χ2n) is 25.8. The number of phosphoric ester groups is 2. The third kappa shape index (κ3) is 60.7. The Balaban J connectivity index is 5.22. The predicted octanol–water partition coefficient (Wildman–Crippen LogP) is 18.1. The van der Waals surface area contributed by atoms with E-state index in [4.69, 9.17) is 37.0 Å². The molecule has 0 amide bonds. The minimum Gasteiger partial charge on any atom is -0.462 e. The zero-order valence-electron chi connectivity index (χ0n) is 55.2. The van der Waals surface area contributed by atoms with Crippen molar-refractivity contribution in [3.05, 3.63) is 0 Å². The van der Waals surface area contributed by atoms with Crippen LogP contribution in [0.1, 0.15) is 319 Å². The first-order valence-corrected chi connectivity index (χ1v) is 37.2. The van der Waals surface area contributed by atoms with Crippen molar-refractivity contribution in [1.29, 1.82) is 0 Å². The van der Waals surface area contributed by atoms with Gasteiger partial charge in [0, 0.05) is 25.7 Å². The van der Waals surface area contributed by atoms with Crippen LogP contribution in [0.5, 0.6) is 0 Å². The molecule has 0 aromatic rings. The summed E-state index contributed by atoms with van der Waals surface area (Å²) in [5.74, 6) is 0.727. The van der Waals surface area contributed by atoms with Gasteiger partial charge in [-0.25, -0.2) is 9.13 Å². The molecular formula is C66H128O17P2. The molecule has 0 aliphatic heterocycles. The van der Waals surface area contributed by atoms with Gasteiger partial charge in [0.2, 0.25) is 0 Å². The van der Waals surface area contributed by atoms with Gasteiger partial charge in [0.15, 0.2) is 12.2 Å². The van der Waals surface area contributed by atoms with Crippen LogP contribution >= 0.6 is 15.6 Å². The monoisotopic (exact) mass is 1250 g/mol. The van der Waals surface area contributed by atoms with E-state index in [1.54, 1.807) is 0 Å². The van der Waals surface area contributed by atoms with Gasteiger partial charge >= 0.3 is 39.5 Å². The van der Waals surface area contributed by atoms with Crippen molar-refractivity contribution in [3.63, 3.8) is 0 Å². The van der Waals surface area contributed by atoms with Crippen molar-refractivity contribution >= 4 is 39.5 Å². The number of aliphatic hydroxyl groups is 1. The fourth-order valence-corrected chi connectivity index (χ4v) is 11.4. The van der Waals surface area contributed by atoms with Gasteiger partial charge in [0.1, 0.15) is 19.3 Å². The Morgan fingerprint density at radius 3 is 0.729 bits per heavy atom. The zero-order chi connectivity index (χ0) is 63.2. The Bertz CT molecular complexity index is 1700. The van der Waals surface area contributed by atoms with Crippen LogP contribution in [0.15, 0.2) is 0 Å². The van der Waals surface area contributed by atoms with Crippen molar-refractivity contribution in [2.75, 3.05) is 39.6 Å². The zero-order valence-corrected chi connectivity index (χ0v) is 57.0. The maximum atomic E-state index is 13.0. The molecule has 0 spiro atoms. The first-order chi connectivity index (χ1) is 40.6. The molecule has 3 unspecified atom stereocenters. The standard InChI is InChI=1S/C66H128O17P2/c1-56(2)42-34-26-18-14-12-10-9-11-13-15-21-32-40-48-65(70)82-62(53-77-64(69)47-39-31-25-24-29-37-45-59(7)8)55-81-85(74,75)79-51-60(67)50-78-84(72,73)80-54-61(83-66(71)49-41-33-23-17-20-28-36-44-58(5)6)52-76-63(68)46-38-30-22-16-19-27-35-43-57(3)4/h56-62,67H,9-55H2,1-8H3,(H,72,73)(H,74,75)/t60?,61-,62-/m1/s1. The molecule has 0 aliphatic rings. The van der Waals surface area contributed by atoms with E-state index in [0.717, 1.165) is 109 Å². The van der Waals surface area contributed by atoms with Crippen molar-refractivity contribution < 1.29 is 80.2 Å². The van der Waals surface area contributed by atoms with E-state index >= 15 is 0 Å². The molecule has 0 rings (SSSR count). The lowest BCUT2D eigenvalue weighted by atomic mass is 10.0. The highest BCUT2D eigenvalue weighted by molar-refractivity contribution is 7.47. The third-order valence-electron chi connectivity index (χ3n) is 15.1. The first kappa shape index (κ1) is 83.1. The van der Waals surface area contributed by atoms with Crippen LogP contribution in [0.2, 0.25) is 0 Å². The Morgan fingerprint density at radius 1 is 0.294 bits per heavy atom. The van der Waals surface area contributed by atoms with Crippen LogP contribution in [0.4, 0.5) is 0 Å². The summed E-state index contributed by atoms with van der Waals surface area (Å²) in [6, 6.07) is 0. The average Bonchev–Trinajstić information content (AvgIpc) is 3.51. The van der Waals surface area contributed by atoms with Gasteiger partial charge in [0.05, 0.1) is 26.4 Å². The van der Waals surface area contributed by atoms with Gasteiger partial charge in [-0.1, -0.05) is 267 Å². The number of carbonyl (C=O) groups excluding carboxylic acids is 4. The van der Waals surface area contributed by atoms with E-state index in [2.05, 4.69) is 55.4 Å². The second kappa shape index (κ2) is 56.1. The molecule has 17 nitrogen and oxygen atoms in total. The normalized spacial score (nSPS) is 14.4. The summed E-state index contributed by atoms with van der Waals surface area (Å²) >= 11 is 0. The molecule has 85 heavy (non-hydrogen) atoms. The highest BCUT2D eigenvalue weighted by Crippen LogP contribution is 2.45. The summed E-state index contributed by atoms with van der Waals surface area (Å²) in [5, 5.41) is 10.5. The Labute approximate surface area is 517 Å². The van der Waals surface area contributed by atoms with Crippen LogP contribution in [0, 0.1) is 23.7 Å². The molecule has 5 atom stereocenters. The lowest BCUT2D eigenvalue weighted by Crippen LogP contribution is -2.30. The van der Waals surface area contributed by atoms with Gasteiger partial charge in [-0.15, -0.1) is 0 Å². The maximum Gasteiger partial charge on any atom is 0.472 e. The second-order valence-corrected chi connectivity index (χ2v) is 28.7. The highest BCUT2D eigenvalue weighted by atomic mass is 31.2. The number of aliphatic hydroxyl groups excluding tert-OH is 1. The van der Waals surface area contributed by atoms with E-state index in [1.807, 2.05) is 0 Å². The molecule has 0 aromatic carbocycles. The van der Waals surface area contributed by atoms with Gasteiger partial charge in [-0.05, 0) is 49.4 Å². The quantitative estimate of drug-likeness (QED) is 0.0222. The Hall–Kier alpha value is -1.94. The van der Waals surface area contributed by atoms with Gasteiger partial charge < -0.3 is 33.8 Å². The average molecular weight is 1260 g/mol. The summed E-state index contributed by atoms with van der Waals surface area (Å²) < 4.78 is 68.0. The topological polar surface area (TPSA) is 237 Å². The Morgan fingerprint density at radius 2 is 0.494 bits per heavy atom. The number of esters is 4. The summed E-state index contributed by atoms with van der Waals surface area (Å²) in [6.45, 7) is 13.9. The number of hydrogen-bond donors (Lipinski definition) is 3. The summed E-state index contributed by atoms with van der Waals surface area (Å²) in [5.41, 5.74) is 0. The summed E-state index contributed by atoms with van der Waals surface area (Å²) in [6.07, 6.45) is 36.5. The Kier molecular flexibility index (Phi) is 54.8. The lowest BCUT2D eigenvalue weighted by molar-refractivity contribution is -0.161. The number of unbranched alkanes of at least 4 members (excludes halogenated alkanes) is 29. The minimum absolute atomic E-state index is 0.102. The van der Waals surface area contributed by atoms with Crippen molar-refractivity contribution in [3.8, 4) is 0 Å². The number of rotatable bonds is 63. The van der Waals surface area contributed by atoms with Crippen LogP contribution in [-0.2, 0) is 65.4 Å². The number of hydrogen-bond acceptors (Lipinski definition) is 15. The fourth-order valence-electron chi connectivity index (χ4n) is 9.78. The van der Waals surface area contributed by atoms with Gasteiger partial charge in [-0.3, -0.25) is 37.3 Å². The molecule has 0 saturated heterocycles. The number of ether oxygens (including phenoxy) is 4. The molecule has 0 fully saturated rings. The van der Waals surface area contributed by atoms with E-state index in [1.165, 1.54) is 109 Å². The molecule has 0 saturated carbocycles. The molecule has 19 heteroatoms. The molecule has 0 radical (unpaired) electrons. The van der Waals surface area contributed by atoms with Crippen LogP contribution in [-0.4, -0.2) is 96.7 Å². The predicted molar refractivity (Wildman–Crippen MR) is 340 cm³/mol. The maximum absolute atomic E-state index is 13.0. The van der Waals surface area contributed by atoms with Crippen molar-refractivity contribution in [1.82, 2.24) is 0 Å². The molecule has 0 aliphatic carbocycles. The minimum atomic E-state index is -4.95. The lowest BCUT2D eigenvalue weighted by Gasteiger charge is -2.21. The van der Waals surface area contributed by atoms with Crippen molar-refractivity contribution in [2.24, 2.45) is 23.7 Å².